The Morgan fingerprint density at radius 3 is 1.66 bits per heavy atom. The average molecular weight is 756 g/mol. The number of hydrogen-bond acceptors (Lipinski definition) is 1. The maximum Gasteiger partial charge on any atom is 0.0546 e. The lowest BCUT2D eigenvalue weighted by atomic mass is 9.81. The molecule has 0 aliphatic heterocycles. The summed E-state index contributed by atoms with van der Waals surface area (Å²) in [5.74, 6) is 0. The van der Waals surface area contributed by atoms with E-state index in [-0.39, 0.29) is 10.8 Å². The highest BCUT2D eigenvalue weighted by Gasteiger charge is 2.39. The first-order valence-electron chi connectivity index (χ1n) is 20.9. The SMILES string of the molecule is CC1(C)c2ccccc2-c2ccc(N(c3ccc(-c4ccccc4)cc3)c3cccc(-c4cccc5ccccc45)c3-c3cccc4c3-c3ccccc3C4(C)C)cc21. The quantitative estimate of drug-likeness (QED) is 0.163. The molecule has 0 atom stereocenters. The van der Waals surface area contributed by atoms with Crippen LogP contribution in [-0.4, -0.2) is 0 Å². The monoisotopic (exact) mass is 755 g/mol. The summed E-state index contributed by atoms with van der Waals surface area (Å²) in [6.45, 7) is 9.51. The third-order valence-corrected chi connectivity index (χ3v) is 13.3. The van der Waals surface area contributed by atoms with E-state index in [0.29, 0.717) is 0 Å². The van der Waals surface area contributed by atoms with Gasteiger partial charge in [0.25, 0.3) is 0 Å². The first kappa shape index (κ1) is 35.2. The van der Waals surface area contributed by atoms with E-state index in [0.717, 1.165) is 17.1 Å². The predicted octanol–water partition coefficient (Wildman–Crippen LogP) is 15.9. The van der Waals surface area contributed by atoms with Crippen LogP contribution in [0.3, 0.4) is 0 Å². The maximum atomic E-state index is 2.52. The Balaban J connectivity index is 1.22. The van der Waals surface area contributed by atoms with Crippen molar-refractivity contribution in [1.82, 2.24) is 0 Å². The highest BCUT2D eigenvalue weighted by molar-refractivity contribution is 6.08. The number of anilines is 3. The van der Waals surface area contributed by atoms with Crippen LogP contribution < -0.4 is 4.90 Å². The zero-order valence-electron chi connectivity index (χ0n) is 34.0. The molecule has 1 heteroatoms. The van der Waals surface area contributed by atoms with Gasteiger partial charge in [-0.25, -0.2) is 0 Å². The molecule has 0 fully saturated rings. The van der Waals surface area contributed by atoms with Crippen molar-refractivity contribution >= 4 is 27.8 Å². The van der Waals surface area contributed by atoms with Crippen molar-refractivity contribution in [2.24, 2.45) is 0 Å². The van der Waals surface area contributed by atoms with Gasteiger partial charge in [0.15, 0.2) is 0 Å². The normalized spacial score (nSPS) is 14.0. The van der Waals surface area contributed by atoms with Gasteiger partial charge in [-0.15, -0.1) is 0 Å². The van der Waals surface area contributed by atoms with E-state index < -0.39 is 0 Å². The minimum Gasteiger partial charge on any atom is -0.310 e. The van der Waals surface area contributed by atoms with Gasteiger partial charge in [-0.05, 0) is 113 Å². The van der Waals surface area contributed by atoms with Gasteiger partial charge in [0.05, 0.1) is 5.69 Å². The van der Waals surface area contributed by atoms with E-state index in [1.165, 1.54) is 88.7 Å². The Labute approximate surface area is 347 Å². The number of benzene rings is 9. The van der Waals surface area contributed by atoms with Crippen LogP contribution in [0.1, 0.15) is 49.9 Å². The first-order chi connectivity index (χ1) is 28.8. The number of nitrogens with zero attached hydrogens (tertiary/aromatic N) is 1. The fraction of sp³-hybridized carbons (Fsp3) is 0.103. The van der Waals surface area contributed by atoms with Gasteiger partial charge in [0.1, 0.15) is 0 Å². The fourth-order valence-corrected chi connectivity index (χ4v) is 10.3. The van der Waals surface area contributed by atoms with Gasteiger partial charge in [-0.3, -0.25) is 0 Å². The Bertz CT molecular complexity index is 3090. The van der Waals surface area contributed by atoms with Crippen LogP contribution in [-0.2, 0) is 10.8 Å². The van der Waals surface area contributed by atoms with Crippen molar-refractivity contribution in [2.75, 3.05) is 4.90 Å². The highest BCUT2D eigenvalue weighted by atomic mass is 15.1. The first-order valence-corrected chi connectivity index (χ1v) is 20.9. The molecule has 0 unspecified atom stereocenters. The molecule has 0 amide bonds. The lowest BCUT2D eigenvalue weighted by Gasteiger charge is -2.31. The molecule has 2 aliphatic rings. The third kappa shape index (κ3) is 5.38. The summed E-state index contributed by atoms with van der Waals surface area (Å²) in [4.78, 5) is 2.52. The molecule has 9 aromatic rings. The molecule has 282 valence electrons. The molecule has 59 heavy (non-hydrogen) atoms. The van der Waals surface area contributed by atoms with E-state index >= 15 is 0 Å². The maximum absolute atomic E-state index is 2.52. The van der Waals surface area contributed by atoms with E-state index in [1.54, 1.807) is 0 Å². The van der Waals surface area contributed by atoms with E-state index in [2.05, 4.69) is 233 Å². The van der Waals surface area contributed by atoms with Crippen LogP contribution in [0.5, 0.6) is 0 Å². The largest absolute Gasteiger partial charge is 0.310 e. The molecule has 0 radical (unpaired) electrons. The second kappa shape index (κ2) is 13.3. The zero-order chi connectivity index (χ0) is 39.9. The molecular weight excluding hydrogens is 711 g/mol. The van der Waals surface area contributed by atoms with Crippen molar-refractivity contribution in [1.29, 1.82) is 0 Å². The smallest absolute Gasteiger partial charge is 0.0546 e. The summed E-state index contributed by atoms with van der Waals surface area (Å²) in [6, 6.07) is 74.4. The Morgan fingerprint density at radius 1 is 0.322 bits per heavy atom. The summed E-state index contributed by atoms with van der Waals surface area (Å²) >= 11 is 0. The second-order valence-corrected chi connectivity index (χ2v) is 17.3. The van der Waals surface area contributed by atoms with Crippen LogP contribution in [0.2, 0.25) is 0 Å². The Morgan fingerprint density at radius 2 is 0.847 bits per heavy atom. The minimum atomic E-state index is -0.145. The molecule has 11 rings (SSSR count). The number of rotatable bonds is 6. The van der Waals surface area contributed by atoms with Crippen LogP contribution >= 0.6 is 0 Å². The van der Waals surface area contributed by atoms with Gasteiger partial charge in [0.2, 0.25) is 0 Å². The molecule has 0 spiro atoms. The van der Waals surface area contributed by atoms with Gasteiger partial charge in [0, 0.05) is 27.8 Å². The molecule has 0 saturated heterocycles. The average Bonchev–Trinajstić information content (AvgIpc) is 3.66. The number of hydrogen-bond donors (Lipinski definition) is 0. The van der Waals surface area contributed by atoms with Crippen molar-refractivity contribution in [2.45, 2.75) is 38.5 Å². The molecule has 2 aliphatic carbocycles. The third-order valence-electron chi connectivity index (χ3n) is 13.3. The topological polar surface area (TPSA) is 3.24 Å². The van der Waals surface area contributed by atoms with Crippen molar-refractivity contribution < 1.29 is 0 Å². The zero-order valence-corrected chi connectivity index (χ0v) is 34.0. The Hall–Kier alpha value is -6.96. The molecule has 9 aromatic carbocycles. The minimum absolute atomic E-state index is 0.135. The van der Waals surface area contributed by atoms with Crippen LogP contribution in [0.4, 0.5) is 17.1 Å². The van der Waals surface area contributed by atoms with Crippen molar-refractivity contribution in [3.8, 4) is 55.6 Å². The van der Waals surface area contributed by atoms with Crippen LogP contribution in [0, 0.1) is 0 Å². The number of fused-ring (bicyclic) bond motifs is 7. The van der Waals surface area contributed by atoms with Crippen LogP contribution in [0.15, 0.2) is 200 Å². The summed E-state index contributed by atoms with van der Waals surface area (Å²) in [6.07, 6.45) is 0. The summed E-state index contributed by atoms with van der Waals surface area (Å²) < 4.78 is 0. The van der Waals surface area contributed by atoms with Crippen molar-refractivity contribution in [3.05, 3.63) is 222 Å². The molecular formula is C58H45N. The molecule has 1 nitrogen and oxygen atoms in total. The van der Waals surface area contributed by atoms with Gasteiger partial charge >= 0.3 is 0 Å². The highest BCUT2D eigenvalue weighted by Crippen LogP contribution is 2.57. The summed E-state index contributed by atoms with van der Waals surface area (Å²) in [7, 11) is 0. The van der Waals surface area contributed by atoms with E-state index in [1.807, 2.05) is 0 Å². The molecule has 0 saturated carbocycles. The van der Waals surface area contributed by atoms with Crippen LogP contribution in [0.25, 0.3) is 66.4 Å². The molecule has 0 aromatic heterocycles. The standard InChI is InChI=1S/C58H45N/c1-57(2)51-28-13-11-23-48(51)55-49(26-15-29-52(55)57)56-47(44-24-14-20-40-19-8-9-21-43(40)44)25-16-30-54(56)59(41-33-31-39(32-34-41)38-17-6-5-7-18-38)42-35-36-46-45-22-10-12-27-50(45)58(3,4)53(46)37-42/h5-37H,1-4H3. The molecule has 0 bridgehead atoms. The summed E-state index contributed by atoms with van der Waals surface area (Å²) in [5, 5.41) is 2.48. The van der Waals surface area contributed by atoms with E-state index in [4.69, 9.17) is 0 Å². The summed E-state index contributed by atoms with van der Waals surface area (Å²) in [5.41, 5.74) is 21.2. The predicted molar refractivity (Wildman–Crippen MR) is 250 cm³/mol. The molecule has 0 N–H and O–H groups in total. The van der Waals surface area contributed by atoms with Gasteiger partial charge in [-0.2, -0.15) is 0 Å². The van der Waals surface area contributed by atoms with Crippen molar-refractivity contribution in [3.63, 3.8) is 0 Å². The fourth-order valence-electron chi connectivity index (χ4n) is 10.3. The lowest BCUT2D eigenvalue weighted by Crippen LogP contribution is -2.17. The van der Waals surface area contributed by atoms with Gasteiger partial charge in [-0.1, -0.05) is 198 Å². The molecule has 0 heterocycles. The Kier molecular flexibility index (Phi) is 7.94. The van der Waals surface area contributed by atoms with E-state index in [9.17, 15) is 0 Å². The second-order valence-electron chi connectivity index (χ2n) is 17.3. The van der Waals surface area contributed by atoms with Gasteiger partial charge < -0.3 is 4.90 Å². The lowest BCUT2D eigenvalue weighted by molar-refractivity contribution is 0.660.